The van der Waals surface area contributed by atoms with Crippen molar-refractivity contribution in [1.29, 1.82) is 0 Å². The zero-order chi connectivity index (χ0) is 22.7. The number of hydrogen-bond acceptors (Lipinski definition) is 5. The molecule has 2 aromatic carbocycles. The summed E-state index contributed by atoms with van der Waals surface area (Å²) in [6.45, 7) is 6.78. The van der Waals surface area contributed by atoms with Gasteiger partial charge >= 0.3 is 0 Å². The molecule has 1 N–H and O–H groups in total. The second-order valence-electron chi connectivity index (χ2n) is 7.77. The third kappa shape index (κ3) is 4.57. The quantitative estimate of drug-likeness (QED) is 0.400. The minimum absolute atomic E-state index is 0.131. The largest absolute Gasteiger partial charge is 0.494 e. The van der Waals surface area contributed by atoms with Crippen molar-refractivity contribution in [2.75, 3.05) is 11.9 Å². The molecule has 0 aliphatic heterocycles. The number of hydrogen-bond donors (Lipinski definition) is 1. The van der Waals surface area contributed by atoms with E-state index in [9.17, 15) is 9.59 Å². The number of carbonyl (C=O) groups is 1. The van der Waals surface area contributed by atoms with Gasteiger partial charge in [0.2, 0.25) is 0 Å². The van der Waals surface area contributed by atoms with Gasteiger partial charge in [-0.05, 0) is 56.5 Å². The van der Waals surface area contributed by atoms with Gasteiger partial charge in [-0.25, -0.2) is 4.98 Å². The summed E-state index contributed by atoms with van der Waals surface area (Å²) in [5, 5.41) is 3.47. The van der Waals surface area contributed by atoms with Crippen LogP contribution in [0.2, 0.25) is 0 Å². The molecule has 0 spiro atoms. The molecule has 6 nitrogen and oxygen atoms in total. The third-order valence-electron chi connectivity index (χ3n) is 5.31. The van der Waals surface area contributed by atoms with Crippen LogP contribution in [0.5, 0.6) is 5.75 Å². The Labute approximate surface area is 190 Å². The topological polar surface area (TPSA) is 73.2 Å². The van der Waals surface area contributed by atoms with Crippen LogP contribution >= 0.6 is 11.3 Å². The van der Waals surface area contributed by atoms with Crippen molar-refractivity contribution < 1.29 is 9.53 Å². The maximum absolute atomic E-state index is 13.1. The van der Waals surface area contributed by atoms with E-state index in [1.54, 1.807) is 10.9 Å². The van der Waals surface area contributed by atoms with Crippen molar-refractivity contribution in [2.24, 2.45) is 0 Å². The van der Waals surface area contributed by atoms with E-state index in [4.69, 9.17) is 4.74 Å². The number of nitrogens with zero attached hydrogens (tertiary/aromatic N) is 2. The maximum Gasteiger partial charge on any atom is 0.266 e. The van der Waals surface area contributed by atoms with Crippen LogP contribution in [0.25, 0.3) is 10.2 Å². The normalized spacial score (nSPS) is 11.0. The van der Waals surface area contributed by atoms with Crippen LogP contribution in [-0.2, 0) is 6.54 Å². The fourth-order valence-corrected chi connectivity index (χ4v) is 4.64. The van der Waals surface area contributed by atoms with Gasteiger partial charge in [0.1, 0.15) is 10.6 Å². The molecule has 32 heavy (non-hydrogen) atoms. The molecule has 0 atom stereocenters. The van der Waals surface area contributed by atoms with Crippen LogP contribution in [0.15, 0.2) is 59.7 Å². The number of anilines is 1. The molecule has 4 aromatic rings. The Morgan fingerprint density at radius 3 is 2.66 bits per heavy atom. The summed E-state index contributed by atoms with van der Waals surface area (Å²) < 4.78 is 7.29. The SMILES string of the molecule is Cc1ccc(NC(=O)c2sc3ncn(CCCOc4ccccc4)c(=O)c3c2C)c(C)c1. The highest BCUT2D eigenvalue weighted by Crippen LogP contribution is 2.28. The minimum atomic E-state index is -0.223. The highest BCUT2D eigenvalue weighted by Gasteiger charge is 2.20. The number of benzene rings is 2. The van der Waals surface area contributed by atoms with Gasteiger partial charge < -0.3 is 10.1 Å². The second-order valence-corrected chi connectivity index (χ2v) is 8.77. The molecule has 0 fully saturated rings. The molecule has 0 saturated carbocycles. The van der Waals surface area contributed by atoms with Gasteiger partial charge in [-0.2, -0.15) is 0 Å². The van der Waals surface area contributed by atoms with Crippen molar-refractivity contribution in [1.82, 2.24) is 9.55 Å². The summed E-state index contributed by atoms with van der Waals surface area (Å²) in [4.78, 5) is 31.5. The Morgan fingerprint density at radius 2 is 1.91 bits per heavy atom. The van der Waals surface area contributed by atoms with Gasteiger partial charge in [0, 0.05) is 12.2 Å². The van der Waals surface area contributed by atoms with E-state index in [2.05, 4.69) is 10.3 Å². The van der Waals surface area contributed by atoms with Crippen molar-refractivity contribution >= 4 is 33.1 Å². The Balaban J connectivity index is 1.50. The molecular formula is C25H25N3O3S. The lowest BCUT2D eigenvalue weighted by Gasteiger charge is -2.09. The second kappa shape index (κ2) is 9.36. The highest BCUT2D eigenvalue weighted by molar-refractivity contribution is 7.20. The summed E-state index contributed by atoms with van der Waals surface area (Å²) in [7, 11) is 0. The van der Waals surface area contributed by atoms with Crippen LogP contribution in [0.1, 0.15) is 32.8 Å². The smallest absolute Gasteiger partial charge is 0.266 e. The summed E-state index contributed by atoms with van der Waals surface area (Å²) >= 11 is 1.25. The highest BCUT2D eigenvalue weighted by atomic mass is 32.1. The van der Waals surface area contributed by atoms with Crippen LogP contribution in [0.3, 0.4) is 0 Å². The number of carbonyl (C=O) groups excluding carboxylic acids is 1. The Morgan fingerprint density at radius 1 is 1.12 bits per heavy atom. The number of nitrogens with one attached hydrogen (secondary N) is 1. The summed E-state index contributed by atoms with van der Waals surface area (Å²) in [5.74, 6) is 0.584. The number of thiophene rings is 1. The first kappa shape index (κ1) is 21.8. The molecule has 0 aliphatic rings. The fourth-order valence-electron chi connectivity index (χ4n) is 3.61. The average Bonchev–Trinajstić information content (AvgIpc) is 3.12. The number of para-hydroxylation sites is 1. The van der Waals surface area contributed by atoms with Crippen LogP contribution in [0, 0.1) is 20.8 Å². The molecule has 0 bridgehead atoms. The van der Waals surface area contributed by atoms with Crippen molar-refractivity contribution in [3.63, 3.8) is 0 Å². The zero-order valence-electron chi connectivity index (χ0n) is 18.3. The predicted molar refractivity (Wildman–Crippen MR) is 129 cm³/mol. The van der Waals surface area contributed by atoms with Crippen LogP contribution in [-0.4, -0.2) is 22.1 Å². The van der Waals surface area contributed by atoms with E-state index in [1.807, 2.05) is 69.3 Å². The molecule has 1 amide bonds. The predicted octanol–water partition coefficient (Wildman–Crippen LogP) is 5.10. The van der Waals surface area contributed by atoms with E-state index < -0.39 is 0 Å². The lowest BCUT2D eigenvalue weighted by atomic mass is 10.1. The van der Waals surface area contributed by atoms with Gasteiger partial charge in [-0.1, -0.05) is 35.9 Å². The zero-order valence-corrected chi connectivity index (χ0v) is 19.2. The van der Waals surface area contributed by atoms with Gasteiger partial charge in [0.05, 0.1) is 23.2 Å². The molecule has 7 heteroatoms. The monoisotopic (exact) mass is 447 g/mol. The molecule has 0 unspecified atom stereocenters. The lowest BCUT2D eigenvalue weighted by Crippen LogP contribution is -2.21. The van der Waals surface area contributed by atoms with E-state index in [1.165, 1.54) is 11.3 Å². The van der Waals surface area contributed by atoms with Gasteiger partial charge in [0.25, 0.3) is 11.5 Å². The van der Waals surface area contributed by atoms with Crippen molar-refractivity contribution in [2.45, 2.75) is 33.7 Å². The summed E-state index contributed by atoms with van der Waals surface area (Å²) in [6.07, 6.45) is 2.22. The molecule has 0 aliphatic carbocycles. The third-order valence-corrected chi connectivity index (χ3v) is 6.51. The van der Waals surface area contributed by atoms with E-state index >= 15 is 0 Å². The molecule has 0 radical (unpaired) electrons. The van der Waals surface area contributed by atoms with Crippen LogP contribution in [0.4, 0.5) is 5.69 Å². The lowest BCUT2D eigenvalue weighted by molar-refractivity contribution is 0.103. The first-order valence-electron chi connectivity index (χ1n) is 10.5. The van der Waals surface area contributed by atoms with Crippen molar-refractivity contribution in [3.8, 4) is 5.75 Å². The van der Waals surface area contributed by atoms with E-state index in [-0.39, 0.29) is 11.5 Å². The van der Waals surface area contributed by atoms with Crippen molar-refractivity contribution in [3.05, 3.63) is 86.8 Å². The molecule has 2 aromatic heterocycles. The van der Waals surface area contributed by atoms with Gasteiger partial charge in [0.15, 0.2) is 0 Å². The first-order valence-corrected chi connectivity index (χ1v) is 11.3. The molecule has 4 rings (SSSR count). The molecule has 164 valence electrons. The average molecular weight is 448 g/mol. The molecule has 0 saturated heterocycles. The number of rotatable bonds is 7. The first-order chi connectivity index (χ1) is 15.4. The van der Waals surface area contributed by atoms with E-state index in [0.29, 0.717) is 40.2 Å². The molecular weight excluding hydrogens is 422 g/mol. The number of aromatic nitrogens is 2. The Hall–Kier alpha value is -3.45. The van der Waals surface area contributed by atoms with Gasteiger partial charge in [-0.15, -0.1) is 11.3 Å². The number of amides is 1. The van der Waals surface area contributed by atoms with Gasteiger partial charge in [-0.3, -0.25) is 14.2 Å². The fraction of sp³-hybridized carbons (Fsp3) is 0.240. The number of ether oxygens (including phenoxy) is 1. The maximum atomic E-state index is 13.1. The molecule has 2 heterocycles. The Bertz CT molecular complexity index is 1330. The van der Waals surface area contributed by atoms with Crippen LogP contribution < -0.4 is 15.6 Å². The minimum Gasteiger partial charge on any atom is -0.494 e. The van der Waals surface area contributed by atoms with E-state index in [0.717, 1.165) is 22.6 Å². The number of aryl methyl sites for hydroxylation is 4. The summed E-state index contributed by atoms with van der Waals surface area (Å²) in [6, 6.07) is 15.5. The summed E-state index contributed by atoms with van der Waals surface area (Å²) in [5.41, 5.74) is 3.43. The Kier molecular flexibility index (Phi) is 6.37. The number of fused-ring (bicyclic) bond motifs is 1. The standard InChI is InChI=1S/C25H25N3O3S/c1-16-10-11-20(17(2)14-16)27-23(29)22-18(3)21-24(32-22)26-15-28(25(21)30)12-7-13-31-19-8-5-4-6-9-19/h4-6,8-11,14-15H,7,12-13H2,1-3H3,(H,27,29).